The molecule has 0 N–H and O–H groups in total. The first-order valence-corrected chi connectivity index (χ1v) is 11.6. The van der Waals surface area contributed by atoms with Crippen molar-refractivity contribution in [3.05, 3.63) is 48.8 Å². The van der Waals surface area contributed by atoms with Crippen molar-refractivity contribution in [1.29, 1.82) is 0 Å². The lowest BCUT2D eigenvalue weighted by Gasteiger charge is -2.43. The first-order chi connectivity index (χ1) is 16.0. The lowest BCUT2D eigenvalue weighted by atomic mass is 9.96. The van der Waals surface area contributed by atoms with Gasteiger partial charge in [-0.25, -0.2) is 9.37 Å². The van der Waals surface area contributed by atoms with Crippen LogP contribution in [0.1, 0.15) is 32.1 Å². The molecular weight excluding hydrogens is 427 g/mol. The van der Waals surface area contributed by atoms with Crippen molar-refractivity contribution < 1.29 is 23.5 Å². The van der Waals surface area contributed by atoms with Crippen molar-refractivity contribution in [2.75, 3.05) is 39.4 Å². The topological polar surface area (TPSA) is 76.9 Å². The molecule has 2 fully saturated rings. The second kappa shape index (κ2) is 10.8. The Morgan fingerprint density at radius 1 is 1.06 bits per heavy atom. The van der Waals surface area contributed by atoms with Gasteiger partial charge in [0.15, 0.2) is 0 Å². The molecule has 0 aliphatic carbocycles. The number of benzene rings is 1. The van der Waals surface area contributed by atoms with Gasteiger partial charge in [0.05, 0.1) is 25.9 Å². The highest BCUT2D eigenvalue weighted by Gasteiger charge is 2.42. The number of hydrogen-bond acceptors (Lipinski definition) is 5. The van der Waals surface area contributed by atoms with Crippen LogP contribution in [0.25, 0.3) is 0 Å². The number of halogens is 1. The number of nitrogens with zero attached hydrogens (tertiary/aromatic N) is 4. The second-order valence-electron chi connectivity index (χ2n) is 8.76. The fourth-order valence-corrected chi connectivity index (χ4v) is 4.38. The van der Waals surface area contributed by atoms with Crippen molar-refractivity contribution in [3.8, 4) is 5.75 Å². The average molecular weight is 459 g/mol. The number of piperidine rings is 1. The summed E-state index contributed by atoms with van der Waals surface area (Å²) < 4.78 is 27.2. The van der Waals surface area contributed by atoms with Crippen LogP contribution in [0.4, 0.5) is 4.39 Å². The van der Waals surface area contributed by atoms with Crippen LogP contribution in [0.5, 0.6) is 5.75 Å². The summed E-state index contributed by atoms with van der Waals surface area (Å²) in [6.45, 7) is 3.22. The number of aryl methyl sites for hydroxylation is 1. The molecule has 178 valence electrons. The zero-order chi connectivity index (χ0) is 23.1. The number of carbonyl (C=O) groups excluding carboxylic acids is 2. The van der Waals surface area contributed by atoms with E-state index in [1.54, 1.807) is 29.6 Å². The van der Waals surface area contributed by atoms with E-state index in [0.29, 0.717) is 31.9 Å². The van der Waals surface area contributed by atoms with Crippen LogP contribution in [0.15, 0.2) is 43.0 Å². The fraction of sp³-hybridized carbons (Fsp3) is 0.542. The number of carbonyl (C=O) groups is 2. The molecule has 2 aliphatic heterocycles. The molecule has 0 saturated carbocycles. The van der Waals surface area contributed by atoms with Gasteiger partial charge < -0.3 is 23.8 Å². The van der Waals surface area contributed by atoms with Gasteiger partial charge in [-0.3, -0.25) is 9.59 Å². The van der Waals surface area contributed by atoms with E-state index in [9.17, 15) is 14.0 Å². The highest BCUT2D eigenvalue weighted by atomic mass is 19.1. The Bertz CT molecular complexity index is 915. The number of rotatable bonds is 8. The number of ether oxygens (including phenoxy) is 2. The molecule has 0 spiro atoms. The summed E-state index contributed by atoms with van der Waals surface area (Å²) in [5.74, 6) is 0.169. The molecule has 4 rings (SSSR count). The Labute approximate surface area is 193 Å². The van der Waals surface area contributed by atoms with Gasteiger partial charge in [0.25, 0.3) is 0 Å². The normalized spacial score (nSPS) is 21.1. The molecule has 0 bridgehead atoms. The largest absolute Gasteiger partial charge is 0.490 e. The SMILES string of the molecule is O=C(CC1(COc2ccc(F)cc2)CN(C(=O)CCn2ccnc2)CCO1)N1CCCCC1. The third kappa shape index (κ3) is 6.31. The lowest BCUT2D eigenvalue weighted by Crippen LogP contribution is -2.58. The van der Waals surface area contributed by atoms with Crippen LogP contribution >= 0.6 is 0 Å². The van der Waals surface area contributed by atoms with Gasteiger partial charge in [0.1, 0.15) is 23.8 Å². The molecule has 2 amide bonds. The molecule has 2 saturated heterocycles. The van der Waals surface area contributed by atoms with E-state index in [0.717, 1.165) is 32.4 Å². The monoisotopic (exact) mass is 458 g/mol. The van der Waals surface area contributed by atoms with Crippen molar-refractivity contribution in [3.63, 3.8) is 0 Å². The molecule has 1 aromatic heterocycles. The van der Waals surface area contributed by atoms with E-state index in [2.05, 4.69) is 4.98 Å². The first-order valence-electron chi connectivity index (χ1n) is 11.6. The zero-order valence-corrected chi connectivity index (χ0v) is 18.8. The van der Waals surface area contributed by atoms with E-state index in [-0.39, 0.29) is 37.2 Å². The maximum atomic E-state index is 13.3. The van der Waals surface area contributed by atoms with Gasteiger partial charge in [-0.1, -0.05) is 0 Å². The highest BCUT2D eigenvalue weighted by molar-refractivity contribution is 5.79. The molecule has 8 nitrogen and oxygen atoms in total. The van der Waals surface area contributed by atoms with Crippen LogP contribution in [-0.4, -0.2) is 76.2 Å². The number of hydrogen-bond donors (Lipinski definition) is 0. The van der Waals surface area contributed by atoms with Gasteiger partial charge in [0, 0.05) is 45.0 Å². The highest BCUT2D eigenvalue weighted by Crippen LogP contribution is 2.27. The second-order valence-corrected chi connectivity index (χ2v) is 8.76. The zero-order valence-electron chi connectivity index (χ0n) is 18.8. The van der Waals surface area contributed by atoms with Gasteiger partial charge >= 0.3 is 0 Å². The average Bonchev–Trinajstić information content (AvgIpc) is 3.37. The minimum atomic E-state index is -0.953. The molecule has 3 heterocycles. The van der Waals surface area contributed by atoms with Crippen molar-refractivity contribution >= 4 is 11.8 Å². The standard InChI is InChI=1S/C24H31FN4O4/c25-20-4-6-21(7-5-20)32-18-24(16-23(31)28-10-2-1-3-11-28)17-29(14-15-33-24)22(30)8-12-27-13-9-26-19-27/h4-7,9,13,19H,1-3,8,10-12,14-18H2. The van der Waals surface area contributed by atoms with E-state index in [1.165, 1.54) is 12.1 Å². The molecule has 2 aliphatic rings. The minimum Gasteiger partial charge on any atom is -0.490 e. The molecule has 2 aromatic rings. The lowest BCUT2D eigenvalue weighted by molar-refractivity contribution is -0.166. The van der Waals surface area contributed by atoms with E-state index < -0.39 is 5.60 Å². The maximum absolute atomic E-state index is 13.3. The maximum Gasteiger partial charge on any atom is 0.225 e. The summed E-state index contributed by atoms with van der Waals surface area (Å²) in [4.78, 5) is 33.7. The van der Waals surface area contributed by atoms with Gasteiger partial charge in [-0.15, -0.1) is 0 Å². The van der Waals surface area contributed by atoms with Crippen molar-refractivity contribution in [1.82, 2.24) is 19.4 Å². The van der Waals surface area contributed by atoms with Crippen LogP contribution in [0, 0.1) is 5.82 Å². The summed E-state index contributed by atoms with van der Waals surface area (Å²) in [7, 11) is 0. The van der Waals surface area contributed by atoms with Crippen LogP contribution in [0.3, 0.4) is 0 Å². The van der Waals surface area contributed by atoms with Crippen molar-refractivity contribution in [2.45, 2.75) is 44.2 Å². The molecule has 1 aromatic carbocycles. The van der Waals surface area contributed by atoms with Gasteiger partial charge in [0.2, 0.25) is 11.8 Å². The number of imidazole rings is 1. The predicted molar refractivity (Wildman–Crippen MR) is 119 cm³/mol. The Hall–Kier alpha value is -2.94. The van der Waals surface area contributed by atoms with Crippen LogP contribution in [0.2, 0.25) is 0 Å². The predicted octanol–water partition coefficient (Wildman–Crippen LogP) is 2.49. The quantitative estimate of drug-likeness (QED) is 0.608. The number of likely N-dealkylation sites (tertiary alicyclic amines) is 1. The number of aromatic nitrogens is 2. The number of morpholine rings is 1. The Balaban J connectivity index is 1.44. The Kier molecular flexibility index (Phi) is 7.59. The molecule has 1 atom stereocenters. The molecular formula is C24H31FN4O4. The van der Waals surface area contributed by atoms with E-state index in [4.69, 9.17) is 9.47 Å². The van der Waals surface area contributed by atoms with Gasteiger partial charge in [-0.05, 0) is 43.5 Å². The Morgan fingerprint density at radius 2 is 1.85 bits per heavy atom. The smallest absolute Gasteiger partial charge is 0.225 e. The van der Waals surface area contributed by atoms with Crippen molar-refractivity contribution in [2.24, 2.45) is 0 Å². The summed E-state index contributed by atoms with van der Waals surface area (Å²) >= 11 is 0. The van der Waals surface area contributed by atoms with Crippen LogP contribution in [-0.2, 0) is 20.9 Å². The van der Waals surface area contributed by atoms with Gasteiger partial charge in [-0.2, -0.15) is 0 Å². The Morgan fingerprint density at radius 3 is 2.58 bits per heavy atom. The molecule has 33 heavy (non-hydrogen) atoms. The first kappa shape index (κ1) is 23.2. The molecule has 0 radical (unpaired) electrons. The third-order valence-electron chi connectivity index (χ3n) is 6.24. The minimum absolute atomic E-state index is 0.00331. The fourth-order valence-electron chi connectivity index (χ4n) is 4.38. The van der Waals surface area contributed by atoms with E-state index in [1.807, 2.05) is 15.7 Å². The summed E-state index contributed by atoms with van der Waals surface area (Å²) in [6.07, 6.45) is 8.82. The van der Waals surface area contributed by atoms with E-state index >= 15 is 0 Å². The third-order valence-corrected chi connectivity index (χ3v) is 6.24. The molecule has 9 heteroatoms. The number of amides is 2. The molecule has 1 unspecified atom stereocenters. The summed E-state index contributed by atoms with van der Waals surface area (Å²) in [5.41, 5.74) is -0.953. The summed E-state index contributed by atoms with van der Waals surface area (Å²) in [5, 5.41) is 0. The summed E-state index contributed by atoms with van der Waals surface area (Å²) in [6, 6.07) is 5.75. The van der Waals surface area contributed by atoms with Crippen LogP contribution < -0.4 is 4.74 Å².